The number of esters is 2. The van der Waals surface area contributed by atoms with Gasteiger partial charge in [-0.3, -0.25) is 15.0 Å². The first-order chi connectivity index (χ1) is 23.8. The molecule has 2 heterocycles. The summed E-state index contributed by atoms with van der Waals surface area (Å²) in [6.07, 6.45) is 3.09. The van der Waals surface area contributed by atoms with Crippen molar-refractivity contribution in [2.75, 3.05) is 19.7 Å². The predicted molar refractivity (Wildman–Crippen MR) is 186 cm³/mol. The molecule has 4 aromatic rings. The summed E-state index contributed by atoms with van der Waals surface area (Å²) in [5.74, 6) is -2.48. The second-order valence-electron chi connectivity index (χ2n) is 11.9. The van der Waals surface area contributed by atoms with Gasteiger partial charge in [0.2, 0.25) is 0 Å². The molecular weight excluding hydrogens is 620 g/mol. The number of dihydropyridines is 1. The fraction of sp³-hybridized carbons (Fsp3) is 0.179. The third-order valence-corrected chi connectivity index (χ3v) is 8.61. The number of carbonyl (C=O) groups is 2. The third kappa shape index (κ3) is 7.45. The zero-order valence-electron chi connectivity index (χ0n) is 26.9. The maximum atomic E-state index is 14.0. The minimum Gasteiger partial charge on any atom is -0.458 e. The van der Waals surface area contributed by atoms with Gasteiger partial charge in [0.15, 0.2) is 0 Å². The summed E-state index contributed by atoms with van der Waals surface area (Å²) in [6, 6.07) is 35.6. The molecule has 0 saturated carbocycles. The highest BCUT2D eigenvalue weighted by atomic mass is 16.6. The second-order valence-corrected chi connectivity index (χ2v) is 11.9. The first kappa shape index (κ1) is 32.9. The van der Waals surface area contributed by atoms with Crippen LogP contribution < -0.4 is 11.1 Å². The van der Waals surface area contributed by atoms with Crippen LogP contribution in [-0.2, 0) is 19.1 Å². The molecule has 0 bridgehead atoms. The number of nitro groups is 1. The zero-order chi connectivity index (χ0) is 34.3. The number of nitrogens with zero attached hydrogens (tertiary/aromatic N) is 2. The van der Waals surface area contributed by atoms with Crippen LogP contribution in [0.2, 0.25) is 0 Å². The van der Waals surface area contributed by atoms with E-state index >= 15 is 0 Å². The number of carbonyl (C=O) groups excluding carboxylic acids is 2. The van der Waals surface area contributed by atoms with Gasteiger partial charge in [-0.2, -0.15) is 0 Å². The van der Waals surface area contributed by atoms with Crippen molar-refractivity contribution in [3.05, 3.63) is 176 Å². The van der Waals surface area contributed by atoms with Gasteiger partial charge in [0.05, 0.1) is 28.0 Å². The van der Waals surface area contributed by atoms with Gasteiger partial charge in [-0.1, -0.05) is 109 Å². The van der Waals surface area contributed by atoms with Gasteiger partial charge in [0.1, 0.15) is 18.5 Å². The monoisotopic (exact) mass is 656 g/mol. The molecule has 10 nitrogen and oxygen atoms in total. The summed E-state index contributed by atoms with van der Waals surface area (Å²) in [6.45, 7) is 2.56. The molecule has 0 aromatic heterocycles. The van der Waals surface area contributed by atoms with Gasteiger partial charge in [-0.05, 0) is 35.3 Å². The molecule has 10 heteroatoms. The van der Waals surface area contributed by atoms with E-state index < -0.39 is 28.9 Å². The van der Waals surface area contributed by atoms with Crippen molar-refractivity contribution < 1.29 is 24.0 Å². The Bertz CT molecular complexity index is 1880. The molecule has 1 atom stereocenters. The van der Waals surface area contributed by atoms with Crippen LogP contribution in [-0.4, -0.2) is 47.6 Å². The Morgan fingerprint density at radius 3 is 2.12 bits per heavy atom. The molecule has 1 saturated heterocycles. The number of ether oxygens (including phenoxy) is 2. The van der Waals surface area contributed by atoms with Crippen LogP contribution >= 0.6 is 0 Å². The maximum Gasteiger partial charge on any atom is 0.339 e. The van der Waals surface area contributed by atoms with E-state index in [0.717, 1.165) is 16.7 Å². The van der Waals surface area contributed by atoms with E-state index in [1.165, 1.54) is 18.2 Å². The van der Waals surface area contributed by atoms with E-state index in [1.54, 1.807) is 19.1 Å². The molecule has 1 unspecified atom stereocenters. The molecule has 49 heavy (non-hydrogen) atoms. The number of non-ortho nitro benzene ring substituents is 1. The Balaban J connectivity index is 1.23. The average molecular weight is 657 g/mol. The largest absolute Gasteiger partial charge is 0.458 e. The average Bonchev–Trinajstić information content (AvgIpc) is 3.10. The lowest BCUT2D eigenvalue weighted by Gasteiger charge is -2.44. The minimum absolute atomic E-state index is 0.00200. The molecular formula is C39H36N4O6. The first-order valence-electron chi connectivity index (χ1n) is 16.0. The number of nitrogens with one attached hydrogen (secondary N) is 1. The summed E-state index contributed by atoms with van der Waals surface area (Å²) < 4.78 is 11.6. The van der Waals surface area contributed by atoms with E-state index in [4.69, 9.17) is 15.2 Å². The normalized spacial score (nSPS) is 16.7. The van der Waals surface area contributed by atoms with Gasteiger partial charge in [-0.25, -0.2) is 9.59 Å². The van der Waals surface area contributed by atoms with Gasteiger partial charge in [0, 0.05) is 30.9 Å². The van der Waals surface area contributed by atoms with Crippen LogP contribution in [0.1, 0.15) is 41.1 Å². The Morgan fingerprint density at radius 1 is 0.898 bits per heavy atom. The molecule has 3 N–H and O–H groups in total. The number of allylic oxidation sites excluding steroid dienone is 1. The van der Waals surface area contributed by atoms with Crippen molar-refractivity contribution >= 4 is 23.7 Å². The molecule has 0 amide bonds. The summed E-state index contributed by atoms with van der Waals surface area (Å²) in [7, 11) is 0. The van der Waals surface area contributed by atoms with Crippen LogP contribution in [0.4, 0.5) is 5.69 Å². The molecule has 1 fully saturated rings. The smallest absolute Gasteiger partial charge is 0.339 e. The van der Waals surface area contributed by atoms with Crippen LogP contribution in [0.5, 0.6) is 0 Å². The van der Waals surface area contributed by atoms with Crippen molar-refractivity contribution in [2.45, 2.75) is 25.0 Å². The standard InChI is InChI=1S/C39H36N4O6/c1-26-33(38(44)48-22-12-15-27-13-5-2-6-14-27)34(30-20-11-21-31(23-30)43(46)47)35(37(40)41-26)39(45)49-32-24-42(25-32)36(28-16-7-3-8-17-28)29-18-9-4-10-19-29/h2-21,23,32,34,36,41H,22,24-25,40H2,1H3/b15-12+. The first-order valence-corrected chi connectivity index (χ1v) is 16.0. The van der Waals surface area contributed by atoms with Gasteiger partial charge in [0.25, 0.3) is 5.69 Å². The molecule has 6 rings (SSSR count). The van der Waals surface area contributed by atoms with Crippen molar-refractivity contribution in [3.8, 4) is 0 Å². The summed E-state index contributed by atoms with van der Waals surface area (Å²) in [5.41, 5.74) is 10.2. The maximum absolute atomic E-state index is 14.0. The zero-order valence-corrected chi connectivity index (χ0v) is 26.9. The van der Waals surface area contributed by atoms with E-state index in [9.17, 15) is 19.7 Å². The number of nitrogens with two attached hydrogens (primary N) is 1. The lowest BCUT2D eigenvalue weighted by atomic mass is 9.81. The lowest BCUT2D eigenvalue weighted by molar-refractivity contribution is -0.384. The van der Waals surface area contributed by atoms with Crippen molar-refractivity contribution in [3.63, 3.8) is 0 Å². The SMILES string of the molecule is CC1=C(C(=O)OC/C=C/c2ccccc2)C(c2cccc([N+](=O)[O-])c2)C(C(=O)OC2CN(C(c3ccccc3)c3ccccc3)C2)=C(N)N1. The highest BCUT2D eigenvalue weighted by molar-refractivity contribution is 6.00. The predicted octanol–water partition coefficient (Wildman–Crippen LogP) is 6.00. The fourth-order valence-corrected chi connectivity index (χ4v) is 6.31. The van der Waals surface area contributed by atoms with E-state index in [2.05, 4.69) is 34.5 Å². The van der Waals surface area contributed by atoms with Crippen molar-refractivity contribution in [1.82, 2.24) is 10.2 Å². The van der Waals surface area contributed by atoms with Gasteiger partial charge >= 0.3 is 11.9 Å². The highest BCUT2D eigenvalue weighted by Crippen LogP contribution is 2.40. The van der Waals surface area contributed by atoms with Crippen LogP contribution in [0, 0.1) is 10.1 Å². The summed E-state index contributed by atoms with van der Waals surface area (Å²) in [5, 5.41) is 14.7. The molecule has 248 valence electrons. The number of hydrogen-bond acceptors (Lipinski definition) is 9. The number of benzene rings is 4. The van der Waals surface area contributed by atoms with Gasteiger partial charge in [-0.15, -0.1) is 0 Å². The molecule has 2 aliphatic rings. The minimum atomic E-state index is -1.07. The topological polar surface area (TPSA) is 137 Å². The van der Waals surface area contributed by atoms with E-state index in [0.29, 0.717) is 24.4 Å². The quantitative estimate of drug-likeness (QED) is 0.113. The molecule has 2 aliphatic heterocycles. The summed E-state index contributed by atoms with van der Waals surface area (Å²) in [4.78, 5) is 41.1. The number of hydrogen-bond donors (Lipinski definition) is 2. The lowest BCUT2D eigenvalue weighted by Crippen LogP contribution is -2.54. The Morgan fingerprint density at radius 2 is 1.51 bits per heavy atom. The molecule has 0 aliphatic carbocycles. The van der Waals surface area contributed by atoms with Crippen molar-refractivity contribution in [2.24, 2.45) is 5.73 Å². The van der Waals surface area contributed by atoms with Gasteiger partial charge < -0.3 is 20.5 Å². The molecule has 0 spiro atoms. The van der Waals surface area contributed by atoms with Crippen LogP contribution in [0.25, 0.3) is 6.08 Å². The Labute approximate surface area is 284 Å². The Hall–Kier alpha value is -6.00. The molecule has 4 aromatic carbocycles. The molecule has 0 radical (unpaired) electrons. The van der Waals surface area contributed by atoms with E-state index in [-0.39, 0.29) is 35.3 Å². The second kappa shape index (κ2) is 14.8. The van der Waals surface area contributed by atoms with Crippen LogP contribution in [0.3, 0.4) is 0 Å². The summed E-state index contributed by atoms with van der Waals surface area (Å²) >= 11 is 0. The Kier molecular flexibility index (Phi) is 9.96. The fourth-order valence-electron chi connectivity index (χ4n) is 6.31. The highest BCUT2D eigenvalue weighted by Gasteiger charge is 2.42. The van der Waals surface area contributed by atoms with E-state index in [1.807, 2.05) is 72.8 Å². The van der Waals surface area contributed by atoms with Crippen LogP contribution in [0.15, 0.2) is 144 Å². The van der Waals surface area contributed by atoms with Crippen molar-refractivity contribution in [1.29, 1.82) is 0 Å². The number of likely N-dealkylation sites (tertiary alicyclic amines) is 1. The number of nitro benzene ring substituents is 1. The number of rotatable bonds is 11. The third-order valence-electron chi connectivity index (χ3n) is 8.61.